The molecule has 0 bridgehead atoms. The van der Waals surface area contributed by atoms with Crippen molar-refractivity contribution in [2.24, 2.45) is 5.92 Å². The summed E-state index contributed by atoms with van der Waals surface area (Å²) >= 11 is 0. The van der Waals surface area contributed by atoms with Gasteiger partial charge in [-0.3, -0.25) is 24.7 Å². The number of nitro benzene ring substituents is 1. The molecule has 3 aliphatic rings. The van der Waals surface area contributed by atoms with E-state index >= 15 is 0 Å². The van der Waals surface area contributed by atoms with Gasteiger partial charge in [-0.15, -0.1) is 0 Å². The Morgan fingerprint density at radius 1 is 1.21 bits per heavy atom. The molecular formula is C21H20N6O6. The molecule has 4 heterocycles. The lowest BCUT2D eigenvalue weighted by atomic mass is 9.78. The number of aromatic nitrogens is 2. The Kier molecular flexibility index (Phi) is 5.07. The van der Waals surface area contributed by atoms with Crippen molar-refractivity contribution >= 4 is 23.4 Å². The number of amides is 1. The van der Waals surface area contributed by atoms with Gasteiger partial charge in [-0.2, -0.15) is 10.2 Å². The molecule has 0 saturated carbocycles. The van der Waals surface area contributed by atoms with Gasteiger partial charge < -0.3 is 19.7 Å². The van der Waals surface area contributed by atoms with Crippen LogP contribution in [0.4, 0.5) is 17.5 Å². The van der Waals surface area contributed by atoms with Crippen LogP contribution in [0.1, 0.15) is 29.9 Å². The number of nitriles is 1. The van der Waals surface area contributed by atoms with Gasteiger partial charge >= 0.3 is 0 Å². The van der Waals surface area contributed by atoms with Crippen LogP contribution in [0.15, 0.2) is 29.1 Å². The molecule has 33 heavy (non-hydrogen) atoms. The number of carbonyl (C=O) groups is 1. The van der Waals surface area contributed by atoms with Gasteiger partial charge in [0.15, 0.2) is 5.79 Å². The molecule has 1 aromatic carbocycles. The smallest absolute Gasteiger partial charge is 0.273 e. The molecule has 12 nitrogen and oxygen atoms in total. The fraction of sp³-hybridized carbons (Fsp3) is 0.429. The van der Waals surface area contributed by atoms with E-state index in [1.165, 1.54) is 18.2 Å². The number of anilines is 2. The molecule has 2 atom stereocenters. The second-order valence-electron chi connectivity index (χ2n) is 8.14. The Hall–Kier alpha value is -3.82. The molecule has 2 N–H and O–H groups in total. The van der Waals surface area contributed by atoms with Crippen LogP contribution in [0.25, 0.3) is 0 Å². The van der Waals surface area contributed by atoms with Crippen molar-refractivity contribution < 1.29 is 19.2 Å². The van der Waals surface area contributed by atoms with Crippen LogP contribution in [-0.2, 0) is 14.3 Å². The van der Waals surface area contributed by atoms with Crippen LogP contribution in [0.2, 0.25) is 0 Å². The van der Waals surface area contributed by atoms with Crippen LogP contribution in [0, 0.1) is 27.4 Å². The van der Waals surface area contributed by atoms with Crippen molar-refractivity contribution in [1.29, 1.82) is 5.26 Å². The Bertz CT molecular complexity index is 1220. The highest BCUT2D eigenvalue weighted by molar-refractivity contribution is 5.98. The fourth-order valence-electron chi connectivity index (χ4n) is 4.75. The number of aromatic amines is 1. The third-order valence-corrected chi connectivity index (χ3v) is 6.36. The summed E-state index contributed by atoms with van der Waals surface area (Å²) in [5, 5.41) is 23.8. The highest BCUT2D eigenvalue weighted by Gasteiger charge is 2.44. The largest absolute Gasteiger partial charge is 0.347 e. The van der Waals surface area contributed by atoms with E-state index in [1.54, 1.807) is 6.07 Å². The molecule has 12 heteroatoms. The van der Waals surface area contributed by atoms with Gasteiger partial charge in [0.25, 0.3) is 11.2 Å². The van der Waals surface area contributed by atoms with Gasteiger partial charge in [0.05, 0.1) is 29.8 Å². The monoisotopic (exact) mass is 452 g/mol. The molecular weight excluding hydrogens is 432 g/mol. The summed E-state index contributed by atoms with van der Waals surface area (Å²) in [6.07, 6.45) is 1.19. The number of nitro groups is 1. The molecule has 3 aliphatic heterocycles. The van der Waals surface area contributed by atoms with Crippen molar-refractivity contribution in [1.82, 2.24) is 9.97 Å². The Balaban J connectivity index is 1.55. The minimum Gasteiger partial charge on any atom is -0.347 e. The van der Waals surface area contributed by atoms with E-state index in [1.807, 2.05) is 11.0 Å². The third kappa shape index (κ3) is 3.51. The summed E-state index contributed by atoms with van der Waals surface area (Å²) in [4.78, 5) is 46.0. The van der Waals surface area contributed by atoms with Crippen molar-refractivity contribution in [3.8, 4) is 6.07 Å². The van der Waals surface area contributed by atoms with E-state index in [0.29, 0.717) is 39.1 Å². The highest BCUT2D eigenvalue weighted by atomic mass is 16.7. The molecule has 5 rings (SSSR count). The van der Waals surface area contributed by atoms with Gasteiger partial charge in [-0.05, 0) is 0 Å². The number of para-hydroxylation sites is 1. The zero-order valence-corrected chi connectivity index (χ0v) is 17.4. The second kappa shape index (κ2) is 7.95. The molecule has 0 radical (unpaired) electrons. The van der Waals surface area contributed by atoms with E-state index in [9.17, 15) is 25.0 Å². The second-order valence-corrected chi connectivity index (χ2v) is 8.14. The number of ether oxygens (including phenoxy) is 2. The number of piperidine rings is 1. The lowest BCUT2D eigenvalue weighted by Gasteiger charge is -2.38. The molecule has 2 saturated heterocycles. The number of rotatable bonds is 3. The molecule has 1 aromatic heterocycles. The highest BCUT2D eigenvalue weighted by Crippen LogP contribution is 2.42. The Labute approximate surface area is 187 Å². The van der Waals surface area contributed by atoms with Crippen molar-refractivity contribution in [3.05, 3.63) is 55.9 Å². The minimum absolute atomic E-state index is 0.00190. The van der Waals surface area contributed by atoms with Gasteiger partial charge in [0.2, 0.25) is 11.9 Å². The number of hydrogen-bond donors (Lipinski definition) is 2. The summed E-state index contributed by atoms with van der Waals surface area (Å²) < 4.78 is 11.5. The first-order chi connectivity index (χ1) is 15.9. The van der Waals surface area contributed by atoms with Gasteiger partial charge in [-0.25, -0.2) is 0 Å². The molecule has 170 valence electrons. The molecule has 1 amide bonds. The molecule has 2 aromatic rings. The lowest BCUT2D eigenvalue weighted by molar-refractivity contribution is -0.385. The van der Waals surface area contributed by atoms with Gasteiger partial charge in [-0.1, -0.05) is 18.2 Å². The van der Waals surface area contributed by atoms with Crippen LogP contribution < -0.4 is 15.8 Å². The average Bonchev–Trinajstić information content (AvgIpc) is 3.26. The van der Waals surface area contributed by atoms with Crippen LogP contribution in [0.5, 0.6) is 0 Å². The number of carbonyl (C=O) groups excluding carboxylic acids is 1. The first-order valence-corrected chi connectivity index (χ1v) is 10.5. The number of nitrogens with zero attached hydrogens (tertiary/aromatic N) is 4. The third-order valence-electron chi connectivity index (χ3n) is 6.36. The maximum Gasteiger partial charge on any atom is 0.273 e. The normalized spacial score (nSPS) is 23.6. The van der Waals surface area contributed by atoms with Crippen LogP contribution in [0.3, 0.4) is 0 Å². The van der Waals surface area contributed by atoms with E-state index < -0.39 is 34.0 Å². The molecule has 0 aliphatic carbocycles. The van der Waals surface area contributed by atoms with E-state index in [-0.39, 0.29) is 28.6 Å². The standard InChI is InChI=1S/C21H20N6O6/c22-11-13-15(12-3-1-2-4-14(12)27(30)31)16-17(23-18(13)28)24-20(25-19(16)29)26-7-5-21(6-8-26)32-9-10-33-21/h1-4,13,15H,5-10H2,(H2,23,24,25,28,29). The SMILES string of the molecule is N#CC1C(=O)Nc2nc(N3CCC4(CC3)OCCO4)[nH]c(=O)c2C1c1ccccc1[N+](=O)[O-]. The molecule has 2 fully saturated rings. The number of nitrogens with one attached hydrogen (secondary N) is 2. The maximum absolute atomic E-state index is 13.2. The quantitative estimate of drug-likeness (QED) is 0.515. The predicted octanol–water partition coefficient (Wildman–Crippen LogP) is 1.25. The summed E-state index contributed by atoms with van der Waals surface area (Å²) in [5.74, 6) is -3.45. The summed E-state index contributed by atoms with van der Waals surface area (Å²) in [5.41, 5.74) is -0.701. The molecule has 1 spiro atoms. The van der Waals surface area contributed by atoms with Crippen molar-refractivity contribution in [2.45, 2.75) is 24.5 Å². The van der Waals surface area contributed by atoms with E-state index in [2.05, 4.69) is 15.3 Å². The lowest BCUT2D eigenvalue weighted by Crippen LogP contribution is -2.46. The number of benzene rings is 1. The van der Waals surface area contributed by atoms with Gasteiger partial charge in [0.1, 0.15) is 11.7 Å². The minimum atomic E-state index is -1.32. The first kappa shape index (κ1) is 21.0. The number of H-pyrrole nitrogens is 1. The molecule has 2 unspecified atom stereocenters. The maximum atomic E-state index is 13.2. The number of hydrogen-bond acceptors (Lipinski definition) is 9. The predicted molar refractivity (Wildman–Crippen MR) is 114 cm³/mol. The Morgan fingerprint density at radius 3 is 2.58 bits per heavy atom. The van der Waals surface area contributed by atoms with Crippen LogP contribution in [-0.4, -0.2) is 52.9 Å². The number of fused-ring (bicyclic) bond motifs is 1. The average molecular weight is 452 g/mol. The van der Waals surface area contributed by atoms with E-state index in [0.717, 1.165) is 0 Å². The summed E-state index contributed by atoms with van der Waals surface area (Å²) in [6, 6.07) is 7.67. The van der Waals surface area contributed by atoms with E-state index in [4.69, 9.17) is 9.47 Å². The van der Waals surface area contributed by atoms with Gasteiger partial charge in [0, 0.05) is 43.5 Å². The summed E-state index contributed by atoms with van der Waals surface area (Å²) in [6.45, 7) is 2.13. The summed E-state index contributed by atoms with van der Waals surface area (Å²) in [7, 11) is 0. The van der Waals surface area contributed by atoms with Crippen molar-refractivity contribution in [3.63, 3.8) is 0 Å². The van der Waals surface area contributed by atoms with Crippen LogP contribution >= 0.6 is 0 Å². The Morgan fingerprint density at radius 2 is 1.91 bits per heavy atom. The topological polar surface area (TPSA) is 163 Å². The zero-order valence-electron chi connectivity index (χ0n) is 17.4. The first-order valence-electron chi connectivity index (χ1n) is 10.5. The zero-order chi connectivity index (χ0) is 23.2. The van der Waals surface area contributed by atoms with Crippen molar-refractivity contribution in [2.75, 3.05) is 36.5 Å². The fourth-order valence-corrected chi connectivity index (χ4v) is 4.75.